The highest BCUT2D eigenvalue weighted by atomic mass is 19.1. The van der Waals surface area contributed by atoms with E-state index in [9.17, 15) is 14.0 Å². The monoisotopic (exact) mass is 468 g/mol. The van der Waals surface area contributed by atoms with Gasteiger partial charge in [0.2, 0.25) is 11.8 Å². The van der Waals surface area contributed by atoms with Gasteiger partial charge >= 0.3 is 0 Å². The molecule has 1 atom stereocenters. The van der Waals surface area contributed by atoms with Crippen LogP contribution in [0.5, 0.6) is 0 Å². The molecule has 1 aromatic heterocycles. The third-order valence-corrected chi connectivity index (χ3v) is 7.02. The molecule has 6 rings (SSSR count). The minimum atomic E-state index is -0.422. The molecule has 176 valence electrons. The lowest BCUT2D eigenvalue weighted by Crippen LogP contribution is -2.38. The molecule has 0 spiro atoms. The summed E-state index contributed by atoms with van der Waals surface area (Å²) in [6.45, 7) is 1.14. The second-order valence-electron chi connectivity index (χ2n) is 9.18. The summed E-state index contributed by atoms with van der Waals surface area (Å²) in [5, 5.41) is 0. The molecule has 0 bridgehead atoms. The van der Waals surface area contributed by atoms with Gasteiger partial charge < -0.3 is 14.4 Å². The van der Waals surface area contributed by atoms with Crippen LogP contribution >= 0.6 is 0 Å². The fourth-order valence-electron chi connectivity index (χ4n) is 5.37. The molecule has 0 N–H and O–H groups in total. The second kappa shape index (κ2) is 8.65. The number of anilines is 2. The molecule has 2 aliphatic heterocycles. The predicted octanol–water partition coefficient (Wildman–Crippen LogP) is 4.68. The number of nitrogens with zero attached hydrogens (tertiary/aromatic N) is 4. The molecular formula is C28H25FN4O2. The predicted molar refractivity (Wildman–Crippen MR) is 133 cm³/mol. The van der Waals surface area contributed by atoms with Crippen LogP contribution in [0.1, 0.15) is 30.1 Å². The highest BCUT2D eigenvalue weighted by Gasteiger charge is 2.36. The van der Waals surface area contributed by atoms with E-state index in [0.29, 0.717) is 18.9 Å². The van der Waals surface area contributed by atoms with Gasteiger partial charge in [0, 0.05) is 31.1 Å². The quantitative estimate of drug-likeness (QED) is 0.437. The average molecular weight is 469 g/mol. The van der Waals surface area contributed by atoms with Gasteiger partial charge in [-0.2, -0.15) is 0 Å². The van der Waals surface area contributed by atoms with Gasteiger partial charge in [-0.25, -0.2) is 9.37 Å². The lowest BCUT2D eigenvalue weighted by atomic mass is 10.0. The van der Waals surface area contributed by atoms with Crippen LogP contribution in [0.3, 0.4) is 0 Å². The maximum Gasteiger partial charge on any atom is 0.246 e. The number of imidazole rings is 1. The molecule has 0 aliphatic carbocycles. The van der Waals surface area contributed by atoms with Crippen molar-refractivity contribution in [2.75, 3.05) is 22.9 Å². The molecule has 2 aliphatic rings. The van der Waals surface area contributed by atoms with E-state index in [0.717, 1.165) is 29.6 Å². The van der Waals surface area contributed by atoms with Gasteiger partial charge in [-0.15, -0.1) is 0 Å². The van der Waals surface area contributed by atoms with Gasteiger partial charge in [-0.1, -0.05) is 42.5 Å². The minimum absolute atomic E-state index is 0.00293. The van der Waals surface area contributed by atoms with E-state index in [2.05, 4.69) is 6.07 Å². The van der Waals surface area contributed by atoms with Crippen LogP contribution in [0.15, 0.2) is 72.8 Å². The first-order chi connectivity index (χ1) is 17.1. The van der Waals surface area contributed by atoms with Crippen molar-refractivity contribution in [3.8, 4) is 0 Å². The number of halogens is 1. The molecule has 1 saturated heterocycles. The number of carbonyl (C=O) groups is 2. The second-order valence-corrected chi connectivity index (χ2v) is 9.18. The largest absolute Gasteiger partial charge is 0.318 e. The summed E-state index contributed by atoms with van der Waals surface area (Å²) >= 11 is 0. The lowest BCUT2D eigenvalue weighted by Gasteiger charge is -2.30. The number of para-hydroxylation sites is 4. The number of rotatable bonds is 4. The Labute approximate surface area is 202 Å². The van der Waals surface area contributed by atoms with Crippen molar-refractivity contribution < 1.29 is 14.0 Å². The Morgan fingerprint density at radius 3 is 2.57 bits per heavy atom. The molecule has 4 aromatic rings. The summed E-state index contributed by atoms with van der Waals surface area (Å²) in [6, 6.07) is 22.1. The summed E-state index contributed by atoms with van der Waals surface area (Å²) in [5.41, 5.74) is 4.08. The molecule has 7 heteroatoms. The standard InChI is InChI=1S/C28H25FN4O2/c29-21-10-2-5-13-24(21)32-17-20(16-26(32)34)28-30-22-11-3-6-14-25(22)33(28)18-27(35)31-15-7-9-19-8-1-4-12-23(19)31/h1-6,8,10-14,20H,7,9,15-18H2. The van der Waals surface area contributed by atoms with Crippen molar-refractivity contribution in [2.45, 2.75) is 31.7 Å². The maximum absolute atomic E-state index is 14.4. The number of fused-ring (bicyclic) bond motifs is 2. The summed E-state index contributed by atoms with van der Waals surface area (Å²) in [4.78, 5) is 34.7. The molecule has 0 radical (unpaired) electrons. The number of amides is 2. The minimum Gasteiger partial charge on any atom is -0.318 e. The van der Waals surface area contributed by atoms with E-state index in [1.807, 2.05) is 51.9 Å². The van der Waals surface area contributed by atoms with Crippen molar-refractivity contribution in [1.82, 2.24) is 9.55 Å². The van der Waals surface area contributed by atoms with E-state index >= 15 is 0 Å². The van der Waals surface area contributed by atoms with Crippen molar-refractivity contribution in [1.29, 1.82) is 0 Å². The Kier molecular flexibility index (Phi) is 5.32. The fourth-order valence-corrected chi connectivity index (χ4v) is 5.37. The number of aryl methyl sites for hydroxylation is 1. The van der Waals surface area contributed by atoms with E-state index in [4.69, 9.17) is 4.98 Å². The van der Waals surface area contributed by atoms with Gasteiger partial charge in [0.05, 0.1) is 16.7 Å². The van der Waals surface area contributed by atoms with E-state index in [-0.39, 0.29) is 36.4 Å². The maximum atomic E-state index is 14.4. The van der Waals surface area contributed by atoms with Crippen LogP contribution < -0.4 is 9.80 Å². The number of aromatic nitrogens is 2. The van der Waals surface area contributed by atoms with Crippen molar-refractivity contribution in [3.05, 3.63) is 90.0 Å². The number of hydrogen-bond donors (Lipinski definition) is 0. The Morgan fingerprint density at radius 2 is 1.71 bits per heavy atom. The molecule has 1 unspecified atom stereocenters. The Morgan fingerprint density at radius 1 is 0.971 bits per heavy atom. The van der Waals surface area contributed by atoms with E-state index in [1.165, 1.54) is 16.5 Å². The van der Waals surface area contributed by atoms with Crippen LogP contribution in [-0.4, -0.2) is 34.5 Å². The van der Waals surface area contributed by atoms with Crippen LogP contribution in [0.25, 0.3) is 11.0 Å². The summed E-state index contributed by atoms with van der Waals surface area (Å²) in [5.74, 6) is -0.117. The fraction of sp³-hybridized carbons (Fsp3) is 0.250. The first kappa shape index (κ1) is 21.5. The van der Waals surface area contributed by atoms with Crippen molar-refractivity contribution in [3.63, 3.8) is 0 Å². The van der Waals surface area contributed by atoms with E-state index in [1.54, 1.807) is 18.2 Å². The molecule has 2 amide bonds. The van der Waals surface area contributed by atoms with Crippen LogP contribution in [0, 0.1) is 5.82 Å². The van der Waals surface area contributed by atoms with Gasteiger partial charge in [-0.05, 0) is 48.7 Å². The zero-order chi connectivity index (χ0) is 23.9. The summed E-state index contributed by atoms with van der Waals surface area (Å²) < 4.78 is 16.4. The van der Waals surface area contributed by atoms with Gasteiger partial charge in [0.15, 0.2) is 0 Å². The van der Waals surface area contributed by atoms with Crippen LogP contribution in [-0.2, 0) is 22.6 Å². The highest BCUT2D eigenvalue weighted by molar-refractivity contribution is 5.97. The van der Waals surface area contributed by atoms with Crippen LogP contribution in [0.2, 0.25) is 0 Å². The Bertz CT molecular complexity index is 1450. The molecule has 3 heterocycles. The van der Waals surface area contributed by atoms with Gasteiger partial charge in [0.25, 0.3) is 0 Å². The molecular weight excluding hydrogens is 443 g/mol. The molecule has 3 aromatic carbocycles. The molecule has 1 fully saturated rings. The Balaban J connectivity index is 1.34. The number of benzene rings is 3. The summed E-state index contributed by atoms with van der Waals surface area (Å²) in [7, 11) is 0. The number of hydrogen-bond acceptors (Lipinski definition) is 3. The molecule has 6 nitrogen and oxygen atoms in total. The summed E-state index contributed by atoms with van der Waals surface area (Å²) in [6.07, 6.45) is 2.11. The molecule has 0 saturated carbocycles. The van der Waals surface area contributed by atoms with Crippen molar-refractivity contribution >= 4 is 34.2 Å². The van der Waals surface area contributed by atoms with Gasteiger partial charge in [0.1, 0.15) is 18.2 Å². The first-order valence-corrected chi connectivity index (χ1v) is 12.0. The lowest BCUT2D eigenvalue weighted by molar-refractivity contribution is -0.119. The molecule has 35 heavy (non-hydrogen) atoms. The highest BCUT2D eigenvalue weighted by Crippen LogP contribution is 2.34. The smallest absolute Gasteiger partial charge is 0.246 e. The Hall–Kier alpha value is -4.00. The number of carbonyl (C=O) groups excluding carboxylic acids is 2. The zero-order valence-electron chi connectivity index (χ0n) is 19.2. The topological polar surface area (TPSA) is 58.4 Å². The van der Waals surface area contributed by atoms with Crippen LogP contribution in [0.4, 0.5) is 15.8 Å². The first-order valence-electron chi connectivity index (χ1n) is 12.0. The van der Waals surface area contributed by atoms with Crippen molar-refractivity contribution in [2.24, 2.45) is 0 Å². The third-order valence-electron chi connectivity index (χ3n) is 7.02. The zero-order valence-corrected chi connectivity index (χ0v) is 19.2. The average Bonchev–Trinajstić information content (AvgIpc) is 3.44. The third kappa shape index (κ3) is 3.77. The normalized spacial score (nSPS) is 17.7. The van der Waals surface area contributed by atoms with Gasteiger partial charge in [-0.3, -0.25) is 9.59 Å². The SMILES string of the molecule is O=C1CC(c2nc3ccccc3n2CC(=O)N2CCCc3ccccc32)CN1c1ccccc1F. The van der Waals surface area contributed by atoms with E-state index < -0.39 is 5.82 Å².